The quantitative estimate of drug-likeness (QED) is 0.158. The van der Waals surface area contributed by atoms with Crippen LogP contribution in [-0.2, 0) is 31.1 Å². The number of aryl methyl sites for hydroxylation is 1. The molecule has 3 saturated heterocycles. The molecule has 2 N–H and O–H groups in total. The summed E-state index contributed by atoms with van der Waals surface area (Å²) >= 11 is 0. The van der Waals surface area contributed by atoms with Gasteiger partial charge in [0.25, 0.3) is 11.8 Å². The van der Waals surface area contributed by atoms with Gasteiger partial charge in [0.15, 0.2) is 0 Å². The molecule has 0 bridgehead atoms. The van der Waals surface area contributed by atoms with Gasteiger partial charge in [-0.3, -0.25) is 34.4 Å². The molecule has 0 radical (unpaired) electrons. The van der Waals surface area contributed by atoms with Gasteiger partial charge in [0.1, 0.15) is 11.5 Å². The molecule has 286 valence electrons. The third kappa shape index (κ3) is 5.64. The fourth-order valence-corrected chi connectivity index (χ4v) is 10.5. The number of nitrogens with zero attached hydrogens (tertiary/aromatic N) is 3. The van der Waals surface area contributed by atoms with Crippen molar-refractivity contribution in [1.29, 1.82) is 0 Å². The zero-order chi connectivity index (χ0) is 38.7. The van der Waals surface area contributed by atoms with Crippen molar-refractivity contribution >= 4 is 29.3 Å². The number of imide groups is 2. The van der Waals surface area contributed by atoms with E-state index in [-0.39, 0.29) is 30.0 Å². The Kier molecular flexibility index (Phi) is 9.04. The Morgan fingerprint density at radius 2 is 1.52 bits per heavy atom. The van der Waals surface area contributed by atoms with Crippen molar-refractivity contribution in [3.8, 4) is 11.5 Å². The fraction of sp³-hybridized carbons (Fsp3) is 0.348. The minimum absolute atomic E-state index is 0.0450. The molecular formula is C46H46N4O6. The zero-order valence-corrected chi connectivity index (χ0v) is 31.6. The summed E-state index contributed by atoms with van der Waals surface area (Å²) in [7, 11) is 1.54. The van der Waals surface area contributed by atoms with Crippen LogP contribution >= 0.6 is 0 Å². The Morgan fingerprint density at radius 1 is 0.821 bits per heavy atom. The molecule has 1 saturated carbocycles. The van der Waals surface area contributed by atoms with Crippen molar-refractivity contribution in [3.05, 3.63) is 137 Å². The van der Waals surface area contributed by atoms with Gasteiger partial charge in [-0.25, -0.2) is 0 Å². The first-order valence-electron chi connectivity index (χ1n) is 19.7. The van der Waals surface area contributed by atoms with E-state index >= 15 is 4.79 Å². The number of aromatic hydroxyl groups is 1. The molecule has 2 aliphatic carbocycles. The summed E-state index contributed by atoms with van der Waals surface area (Å²) in [5.74, 6) is -4.26. The number of benzene rings is 4. The molecule has 4 amide bonds. The SMILES string of the molecule is COc1ccc(O)c([C@H]2C3=CC[C@@H]4C(=O)N(C5CCN(Cc6ccccc6)CC5)C(=O)[C@@H]4[C@@H]3C[C@H]3C(=O)N(Nc4ccc(C)cc4)C(=O)[C@@]23c2ccccc2)c1. The molecule has 10 nitrogen and oxygen atoms in total. The Bertz CT molecular complexity index is 2220. The number of amides is 4. The van der Waals surface area contributed by atoms with Crippen molar-refractivity contribution in [2.75, 3.05) is 25.6 Å². The molecule has 0 aromatic heterocycles. The summed E-state index contributed by atoms with van der Waals surface area (Å²) in [5, 5.41) is 12.8. The predicted octanol–water partition coefficient (Wildman–Crippen LogP) is 6.36. The monoisotopic (exact) mass is 750 g/mol. The third-order valence-electron chi connectivity index (χ3n) is 13.1. The number of allylic oxidation sites excluding steroid dienone is 2. The van der Waals surface area contributed by atoms with Crippen LogP contribution in [0.3, 0.4) is 0 Å². The van der Waals surface area contributed by atoms with Gasteiger partial charge in [0, 0.05) is 37.2 Å². The summed E-state index contributed by atoms with van der Waals surface area (Å²) in [4.78, 5) is 63.4. The van der Waals surface area contributed by atoms with Crippen LogP contribution in [0.15, 0.2) is 115 Å². The molecule has 5 aliphatic rings. The first-order chi connectivity index (χ1) is 27.2. The topological polar surface area (TPSA) is 119 Å². The second kappa shape index (κ2) is 14.1. The van der Waals surface area contributed by atoms with E-state index in [0.29, 0.717) is 41.8 Å². The van der Waals surface area contributed by atoms with E-state index in [9.17, 15) is 19.5 Å². The molecule has 56 heavy (non-hydrogen) atoms. The maximum Gasteiger partial charge on any atom is 0.260 e. The van der Waals surface area contributed by atoms with E-state index in [4.69, 9.17) is 4.74 Å². The maximum absolute atomic E-state index is 15.4. The molecule has 3 heterocycles. The van der Waals surface area contributed by atoms with Gasteiger partial charge in [0.2, 0.25) is 11.8 Å². The van der Waals surface area contributed by atoms with E-state index in [0.717, 1.165) is 35.8 Å². The summed E-state index contributed by atoms with van der Waals surface area (Å²) in [6.07, 6.45) is 3.95. The van der Waals surface area contributed by atoms with Gasteiger partial charge in [-0.2, -0.15) is 5.01 Å². The highest BCUT2D eigenvalue weighted by Crippen LogP contribution is 2.65. The van der Waals surface area contributed by atoms with Crippen LogP contribution in [-0.4, -0.2) is 69.8 Å². The number of nitrogens with one attached hydrogen (secondary N) is 1. The molecule has 4 aromatic rings. The highest BCUT2D eigenvalue weighted by Gasteiger charge is 2.70. The Morgan fingerprint density at radius 3 is 2.21 bits per heavy atom. The number of fused-ring (bicyclic) bond motifs is 4. The lowest BCUT2D eigenvalue weighted by atomic mass is 9.49. The molecule has 3 aliphatic heterocycles. The Labute approximate surface area is 326 Å². The summed E-state index contributed by atoms with van der Waals surface area (Å²) in [6.45, 7) is 4.34. The summed E-state index contributed by atoms with van der Waals surface area (Å²) in [5.41, 5.74) is 6.38. The number of ether oxygens (including phenoxy) is 1. The second-order valence-electron chi connectivity index (χ2n) is 16.1. The lowest BCUT2D eigenvalue weighted by Crippen LogP contribution is -2.53. The summed E-state index contributed by atoms with van der Waals surface area (Å²) in [6, 6.07) is 31.9. The van der Waals surface area contributed by atoms with Gasteiger partial charge in [0.05, 0.1) is 36.0 Å². The van der Waals surface area contributed by atoms with Crippen LogP contribution in [0.2, 0.25) is 0 Å². The van der Waals surface area contributed by atoms with Crippen LogP contribution in [0.25, 0.3) is 0 Å². The van der Waals surface area contributed by atoms with Crippen LogP contribution in [0.4, 0.5) is 5.69 Å². The molecule has 6 atom stereocenters. The minimum Gasteiger partial charge on any atom is -0.508 e. The Balaban J connectivity index is 1.12. The number of phenolic OH excluding ortho intramolecular Hbond substituents is 1. The lowest BCUT2D eigenvalue weighted by Gasteiger charge is -2.50. The number of rotatable bonds is 8. The van der Waals surface area contributed by atoms with E-state index < -0.39 is 46.8 Å². The highest BCUT2D eigenvalue weighted by molar-refractivity contribution is 6.13. The summed E-state index contributed by atoms with van der Waals surface area (Å²) < 4.78 is 5.65. The first-order valence-corrected chi connectivity index (χ1v) is 19.7. The van der Waals surface area contributed by atoms with Gasteiger partial charge < -0.3 is 9.84 Å². The number of hydrogen-bond donors (Lipinski definition) is 2. The Hall–Kier alpha value is -5.74. The normalized spacial score (nSPS) is 27.8. The van der Waals surface area contributed by atoms with Crippen LogP contribution < -0.4 is 10.2 Å². The first kappa shape index (κ1) is 35.9. The predicted molar refractivity (Wildman–Crippen MR) is 210 cm³/mol. The molecule has 9 rings (SSSR count). The van der Waals surface area contributed by atoms with E-state index in [1.165, 1.54) is 5.56 Å². The average molecular weight is 751 g/mol. The van der Waals surface area contributed by atoms with E-state index in [2.05, 4.69) is 22.5 Å². The number of carbonyl (C=O) groups is 4. The van der Waals surface area contributed by atoms with Crippen LogP contribution in [0.5, 0.6) is 11.5 Å². The number of methoxy groups -OCH3 is 1. The number of carbonyl (C=O) groups excluding carboxylic acids is 4. The average Bonchev–Trinajstić information content (AvgIpc) is 3.60. The molecule has 10 heteroatoms. The molecular weight excluding hydrogens is 705 g/mol. The van der Waals surface area contributed by atoms with Crippen LogP contribution in [0, 0.1) is 30.6 Å². The van der Waals surface area contributed by atoms with Crippen molar-refractivity contribution in [2.45, 2.75) is 56.5 Å². The third-order valence-corrected chi connectivity index (χ3v) is 13.1. The molecule has 0 spiro atoms. The van der Waals surface area contributed by atoms with Crippen LogP contribution in [0.1, 0.15) is 53.9 Å². The van der Waals surface area contributed by atoms with Crippen molar-refractivity contribution in [1.82, 2.24) is 14.8 Å². The van der Waals surface area contributed by atoms with Gasteiger partial charge in [-0.1, -0.05) is 90.0 Å². The fourth-order valence-electron chi connectivity index (χ4n) is 10.5. The lowest BCUT2D eigenvalue weighted by molar-refractivity contribution is -0.144. The molecule has 0 unspecified atom stereocenters. The maximum atomic E-state index is 15.4. The van der Waals surface area contributed by atoms with Gasteiger partial charge in [-0.05, 0) is 80.0 Å². The smallest absolute Gasteiger partial charge is 0.260 e. The van der Waals surface area contributed by atoms with E-state index in [1.807, 2.05) is 85.8 Å². The number of piperidine rings is 1. The van der Waals surface area contributed by atoms with Crippen molar-refractivity contribution in [3.63, 3.8) is 0 Å². The van der Waals surface area contributed by atoms with Gasteiger partial charge in [-0.15, -0.1) is 0 Å². The highest BCUT2D eigenvalue weighted by atomic mass is 16.5. The zero-order valence-electron chi connectivity index (χ0n) is 31.6. The second-order valence-corrected chi connectivity index (χ2v) is 16.1. The minimum atomic E-state index is -1.48. The number of hydrazine groups is 1. The standard InChI is InChI=1S/C46H46N4O6/c1-28-13-15-31(16-14-28)47-50-43(53)38-26-36-34(41(37-25-33(56-2)17-20-39(37)51)46(38,45(50)55)30-11-7-4-8-12-30)18-19-35-40(36)44(54)49(42(35)52)32-21-23-48(24-22-32)27-29-9-5-3-6-10-29/h3-18,20,25,32,35-36,38,40-41,47,51H,19,21-24,26-27H2,1-2H3/t35-,36+,38-,40-,41+,46+/m0/s1. The number of hydrogen-bond acceptors (Lipinski definition) is 8. The van der Waals surface area contributed by atoms with Crippen molar-refractivity contribution < 1.29 is 29.0 Å². The number of phenols is 1. The van der Waals surface area contributed by atoms with E-state index in [1.54, 1.807) is 30.2 Å². The largest absolute Gasteiger partial charge is 0.508 e. The molecule has 4 aromatic carbocycles. The molecule has 4 fully saturated rings. The number of anilines is 1. The van der Waals surface area contributed by atoms with Gasteiger partial charge >= 0.3 is 0 Å². The van der Waals surface area contributed by atoms with Crippen molar-refractivity contribution in [2.24, 2.45) is 23.7 Å². The number of likely N-dealkylation sites (tertiary alicyclic amines) is 2.